The fraction of sp³-hybridized carbons (Fsp3) is 0.412. The minimum absolute atomic E-state index is 0.0103. The number of H-pyrrole nitrogens is 1. The smallest absolute Gasteiger partial charge is 0.267 e. The van der Waals surface area contributed by atoms with Crippen LogP contribution in [-0.4, -0.2) is 42.1 Å². The van der Waals surface area contributed by atoms with Gasteiger partial charge in [0.15, 0.2) is 11.5 Å². The first-order chi connectivity index (χ1) is 11.7. The van der Waals surface area contributed by atoms with Crippen LogP contribution >= 0.6 is 11.3 Å². The topological polar surface area (TPSA) is 71.6 Å². The first-order valence-corrected chi connectivity index (χ1v) is 8.95. The van der Waals surface area contributed by atoms with Crippen LogP contribution < -0.4 is 15.0 Å². The highest BCUT2D eigenvalue weighted by Gasteiger charge is 2.30. The third-order valence-electron chi connectivity index (χ3n) is 4.55. The lowest BCUT2D eigenvalue weighted by molar-refractivity contribution is 0.0709. The molecular formula is C17H18N2O4S. The van der Waals surface area contributed by atoms with Crippen LogP contribution in [0.15, 0.2) is 28.5 Å². The Bertz CT molecular complexity index is 805. The van der Waals surface area contributed by atoms with E-state index in [4.69, 9.17) is 9.47 Å². The van der Waals surface area contributed by atoms with E-state index < -0.39 is 0 Å². The molecule has 0 spiro atoms. The summed E-state index contributed by atoms with van der Waals surface area (Å²) in [6.45, 7) is 2.38. The fourth-order valence-electron chi connectivity index (χ4n) is 3.29. The van der Waals surface area contributed by atoms with Gasteiger partial charge in [0, 0.05) is 30.7 Å². The number of ether oxygens (including phenoxy) is 2. The zero-order chi connectivity index (χ0) is 16.5. The lowest BCUT2D eigenvalue weighted by Crippen LogP contribution is -2.38. The van der Waals surface area contributed by atoms with Crippen molar-refractivity contribution in [2.75, 3.05) is 26.3 Å². The molecule has 2 aliphatic rings. The summed E-state index contributed by atoms with van der Waals surface area (Å²) in [6.07, 6.45) is 3.41. The lowest BCUT2D eigenvalue weighted by Gasteiger charge is -2.32. The second-order valence-corrected chi connectivity index (χ2v) is 6.89. The molecule has 1 saturated heterocycles. The van der Waals surface area contributed by atoms with Gasteiger partial charge in [0.1, 0.15) is 18.1 Å². The van der Waals surface area contributed by atoms with Crippen molar-refractivity contribution in [3.63, 3.8) is 0 Å². The molecule has 2 aromatic heterocycles. The van der Waals surface area contributed by atoms with E-state index in [2.05, 4.69) is 4.98 Å². The van der Waals surface area contributed by atoms with Gasteiger partial charge >= 0.3 is 0 Å². The fourth-order valence-corrected chi connectivity index (χ4v) is 4.18. The third kappa shape index (κ3) is 2.80. The van der Waals surface area contributed by atoms with Gasteiger partial charge in [-0.05, 0) is 30.4 Å². The van der Waals surface area contributed by atoms with Crippen LogP contribution in [0.4, 0.5) is 0 Å². The van der Waals surface area contributed by atoms with Gasteiger partial charge in [0.25, 0.3) is 5.91 Å². The summed E-state index contributed by atoms with van der Waals surface area (Å²) in [4.78, 5) is 29.4. The van der Waals surface area contributed by atoms with Crippen molar-refractivity contribution < 1.29 is 14.3 Å². The van der Waals surface area contributed by atoms with Crippen molar-refractivity contribution in [2.24, 2.45) is 0 Å². The molecule has 1 amide bonds. The molecule has 24 heavy (non-hydrogen) atoms. The molecule has 4 rings (SSSR count). The largest absolute Gasteiger partial charge is 0.485 e. The van der Waals surface area contributed by atoms with E-state index in [0.717, 1.165) is 18.4 Å². The van der Waals surface area contributed by atoms with Gasteiger partial charge in [-0.1, -0.05) is 0 Å². The van der Waals surface area contributed by atoms with Gasteiger partial charge in [-0.15, -0.1) is 11.3 Å². The number of hydrogen-bond acceptors (Lipinski definition) is 5. The van der Waals surface area contributed by atoms with Crippen LogP contribution in [0.1, 0.15) is 34.0 Å². The average Bonchev–Trinajstić information content (AvgIpc) is 3.05. The van der Waals surface area contributed by atoms with Gasteiger partial charge < -0.3 is 19.4 Å². The number of thiophene rings is 1. The van der Waals surface area contributed by atoms with Crippen LogP contribution in [0.2, 0.25) is 0 Å². The Labute approximate surface area is 143 Å². The number of pyridine rings is 1. The molecule has 4 heterocycles. The Kier molecular flexibility index (Phi) is 4.02. The van der Waals surface area contributed by atoms with Crippen LogP contribution in [0, 0.1) is 0 Å². The molecule has 0 bridgehead atoms. The number of aromatic nitrogens is 1. The van der Waals surface area contributed by atoms with E-state index >= 15 is 0 Å². The first-order valence-electron chi connectivity index (χ1n) is 8.07. The molecule has 0 unspecified atom stereocenters. The normalized spacial score (nSPS) is 17.8. The summed E-state index contributed by atoms with van der Waals surface area (Å²) in [5, 5.41) is 1.84. The molecule has 2 aliphatic heterocycles. The zero-order valence-corrected chi connectivity index (χ0v) is 13.9. The number of amides is 1. The standard InChI is InChI=1S/C17H18N2O4S/c20-14-9-12(1-4-18-14)11-2-5-19(6-3-11)17(21)16-15-13(10-24-16)22-7-8-23-15/h1,4,9-11H,2-3,5-8H2,(H,18,20). The molecule has 0 radical (unpaired) electrons. The molecule has 0 saturated carbocycles. The van der Waals surface area contributed by atoms with Crippen LogP contribution in [-0.2, 0) is 0 Å². The third-order valence-corrected chi connectivity index (χ3v) is 5.48. The maximum absolute atomic E-state index is 12.8. The molecule has 6 nitrogen and oxygen atoms in total. The molecule has 1 fully saturated rings. The second kappa shape index (κ2) is 6.32. The minimum Gasteiger partial charge on any atom is -0.485 e. The molecule has 1 N–H and O–H groups in total. The van der Waals surface area contributed by atoms with E-state index in [0.29, 0.717) is 48.6 Å². The van der Waals surface area contributed by atoms with Crippen LogP contribution in [0.5, 0.6) is 11.5 Å². The summed E-state index contributed by atoms with van der Waals surface area (Å²) in [5.41, 5.74) is 0.976. The number of hydrogen-bond donors (Lipinski definition) is 1. The SMILES string of the molecule is O=C(c1scc2c1OCCO2)N1CCC(c2cc[nH]c(=O)c2)CC1. The van der Waals surface area contributed by atoms with E-state index in [1.165, 1.54) is 11.3 Å². The van der Waals surface area contributed by atoms with Gasteiger partial charge in [-0.3, -0.25) is 9.59 Å². The Balaban J connectivity index is 1.45. The van der Waals surface area contributed by atoms with E-state index in [-0.39, 0.29) is 11.5 Å². The molecule has 126 valence electrons. The van der Waals surface area contributed by atoms with Gasteiger partial charge in [0.05, 0.1) is 0 Å². The number of piperidine rings is 1. The Hall–Kier alpha value is -2.28. The highest BCUT2D eigenvalue weighted by atomic mass is 32.1. The highest BCUT2D eigenvalue weighted by molar-refractivity contribution is 7.12. The van der Waals surface area contributed by atoms with Crippen LogP contribution in [0.3, 0.4) is 0 Å². The van der Waals surface area contributed by atoms with Gasteiger partial charge in [-0.25, -0.2) is 0 Å². The minimum atomic E-state index is -0.0756. The Morgan fingerprint density at radius 3 is 2.83 bits per heavy atom. The van der Waals surface area contributed by atoms with Crippen molar-refractivity contribution in [1.29, 1.82) is 0 Å². The molecule has 0 aromatic carbocycles. The summed E-state index contributed by atoms with van der Waals surface area (Å²) in [5.74, 6) is 1.60. The quantitative estimate of drug-likeness (QED) is 0.905. The molecule has 7 heteroatoms. The summed E-state index contributed by atoms with van der Waals surface area (Å²) >= 11 is 1.38. The number of nitrogens with zero attached hydrogens (tertiary/aromatic N) is 1. The zero-order valence-electron chi connectivity index (χ0n) is 13.1. The van der Waals surface area contributed by atoms with E-state index in [9.17, 15) is 9.59 Å². The molecule has 0 aliphatic carbocycles. The average molecular weight is 346 g/mol. The lowest BCUT2D eigenvalue weighted by atomic mass is 9.90. The maximum atomic E-state index is 12.8. The second-order valence-electron chi connectivity index (χ2n) is 6.01. The summed E-state index contributed by atoms with van der Waals surface area (Å²) in [6, 6.07) is 3.60. The Morgan fingerprint density at radius 1 is 1.25 bits per heavy atom. The number of rotatable bonds is 2. The summed E-state index contributed by atoms with van der Waals surface area (Å²) < 4.78 is 11.1. The van der Waals surface area contributed by atoms with Crippen molar-refractivity contribution in [1.82, 2.24) is 9.88 Å². The van der Waals surface area contributed by atoms with Crippen molar-refractivity contribution in [2.45, 2.75) is 18.8 Å². The molecular weight excluding hydrogens is 328 g/mol. The number of aromatic amines is 1. The number of carbonyl (C=O) groups is 1. The predicted molar refractivity (Wildman–Crippen MR) is 90.3 cm³/mol. The van der Waals surface area contributed by atoms with Gasteiger partial charge in [0.2, 0.25) is 5.56 Å². The monoisotopic (exact) mass is 346 g/mol. The summed E-state index contributed by atoms with van der Waals surface area (Å²) in [7, 11) is 0. The van der Waals surface area contributed by atoms with Crippen LogP contribution in [0.25, 0.3) is 0 Å². The van der Waals surface area contributed by atoms with Crippen molar-refractivity contribution in [3.05, 3.63) is 44.5 Å². The number of fused-ring (bicyclic) bond motifs is 1. The van der Waals surface area contributed by atoms with E-state index in [1.807, 2.05) is 16.3 Å². The number of likely N-dealkylation sites (tertiary alicyclic amines) is 1. The van der Waals surface area contributed by atoms with E-state index in [1.54, 1.807) is 12.3 Å². The molecule has 0 atom stereocenters. The van der Waals surface area contributed by atoms with Crippen molar-refractivity contribution in [3.8, 4) is 11.5 Å². The number of carbonyl (C=O) groups excluding carboxylic acids is 1. The van der Waals surface area contributed by atoms with Crippen molar-refractivity contribution >= 4 is 17.2 Å². The Morgan fingerprint density at radius 2 is 2.04 bits per heavy atom. The maximum Gasteiger partial charge on any atom is 0.267 e. The predicted octanol–water partition coefficient (Wildman–Crippen LogP) is 2.23. The highest BCUT2D eigenvalue weighted by Crippen LogP contribution is 2.40. The van der Waals surface area contributed by atoms with Gasteiger partial charge in [-0.2, -0.15) is 0 Å². The molecule has 2 aromatic rings. The number of nitrogens with one attached hydrogen (secondary N) is 1. The first kappa shape index (κ1) is 15.3.